The highest BCUT2D eigenvalue weighted by molar-refractivity contribution is 5.00. The van der Waals surface area contributed by atoms with Crippen LogP contribution in [0.4, 0.5) is 0 Å². The van der Waals surface area contributed by atoms with Crippen molar-refractivity contribution in [2.75, 3.05) is 7.11 Å². The molecule has 1 aliphatic rings. The van der Waals surface area contributed by atoms with Crippen molar-refractivity contribution in [3.63, 3.8) is 0 Å². The maximum atomic E-state index is 5.38. The third-order valence-corrected chi connectivity index (χ3v) is 2.76. The number of hydrogen-bond acceptors (Lipinski definition) is 2. The first-order valence-corrected chi connectivity index (χ1v) is 5.05. The Balaban J connectivity index is 2.27. The zero-order chi connectivity index (χ0) is 9.68. The van der Waals surface area contributed by atoms with E-state index in [1.54, 1.807) is 7.11 Å². The minimum Gasteiger partial charge on any atom is -0.381 e. The fourth-order valence-corrected chi connectivity index (χ4v) is 1.87. The first-order chi connectivity index (χ1) is 6.30. The molecule has 3 atom stereocenters. The SMILES string of the molecule is C#CC(CC)NC1CCC(OC)C1. The standard InChI is InChI=1S/C11H19NO/c1-4-9(5-2)12-10-6-7-11(8-10)13-3/h1,9-12H,5-8H2,2-3H3. The van der Waals surface area contributed by atoms with Crippen LogP contribution in [-0.4, -0.2) is 25.3 Å². The van der Waals surface area contributed by atoms with Gasteiger partial charge in [-0.2, -0.15) is 0 Å². The molecule has 0 aliphatic heterocycles. The van der Waals surface area contributed by atoms with Crippen molar-refractivity contribution in [3.8, 4) is 12.3 Å². The molecule has 0 aromatic carbocycles. The van der Waals surface area contributed by atoms with E-state index >= 15 is 0 Å². The summed E-state index contributed by atoms with van der Waals surface area (Å²) in [4.78, 5) is 0. The molecule has 1 aliphatic carbocycles. The van der Waals surface area contributed by atoms with Crippen LogP contribution in [0.5, 0.6) is 0 Å². The van der Waals surface area contributed by atoms with Gasteiger partial charge in [-0.1, -0.05) is 12.8 Å². The molecule has 1 N–H and O–H groups in total. The highest BCUT2D eigenvalue weighted by atomic mass is 16.5. The first kappa shape index (κ1) is 10.6. The molecule has 13 heavy (non-hydrogen) atoms. The van der Waals surface area contributed by atoms with Gasteiger partial charge in [0.2, 0.25) is 0 Å². The van der Waals surface area contributed by atoms with Gasteiger partial charge in [-0.3, -0.25) is 0 Å². The largest absolute Gasteiger partial charge is 0.381 e. The van der Waals surface area contributed by atoms with Crippen molar-refractivity contribution in [1.29, 1.82) is 0 Å². The molecule has 1 rings (SSSR count). The van der Waals surface area contributed by atoms with Crippen LogP contribution in [0.15, 0.2) is 0 Å². The van der Waals surface area contributed by atoms with Gasteiger partial charge in [-0.05, 0) is 25.7 Å². The normalized spacial score (nSPS) is 29.9. The maximum absolute atomic E-state index is 5.38. The fraction of sp³-hybridized carbons (Fsp3) is 0.818. The number of methoxy groups -OCH3 is 1. The van der Waals surface area contributed by atoms with Crippen molar-refractivity contribution >= 4 is 0 Å². The lowest BCUT2D eigenvalue weighted by atomic mass is 10.2. The van der Waals surface area contributed by atoms with Gasteiger partial charge in [0.1, 0.15) is 0 Å². The van der Waals surface area contributed by atoms with Crippen molar-refractivity contribution in [1.82, 2.24) is 5.32 Å². The van der Waals surface area contributed by atoms with E-state index in [1.165, 1.54) is 6.42 Å². The summed E-state index contributed by atoms with van der Waals surface area (Å²) in [6.07, 6.45) is 10.3. The Morgan fingerprint density at radius 1 is 1.62 bits per heavy atom. The zero-order valence-electron chi connectivity index (χ0n) is 8.55. The van der Waals surface area contributed by atoms with Crippen molar-refractivity contribution in [3.05, 3.63) is 0 Å². The van der Waals surface area contributed by atoms with E-state index < -0.39 is 0 Å². The van der Waals surface area contributed by atoms with Crippen LogP contribution in [-0.2, 0) is 4.74 Å². The second-order valence-electron chi connectivity index (χ2n) is 3.66. The van der Waals surface area contributed by atoms with Gasteiger partial charge in [-0.15, -0.1) is 6.42 Å². The lowest BCUT2D eigenvalue weighted by Crippen LogP contribution is -2.35. The molecule has 0 saturated heterocycles. The first-order valence-electron chi connectivity index (χ1n) is 5.05. The highest BCUT2D eigenvalue weighted by Crippen LogP contribution is 2.21. The van der Waals surface area contributed by atoms with Gasteiger partial charge in [0.15, 0.2) is 0 Å². The molecule has 2 nitrogen and oxygen atoms in total. The molecule has 2 heteroatoms. The van der Waals surface area contributed by atoms with Gasteiger partial charge >= 0.3 is 0 Å². The molecule has 0 heterocycles. The number of rotatable bonds is 4. The second-order valence-corrected chi connectivity index (χ2v) is 3.66. The van der Waals surface area contributed by atoms with Crippen molar-refractivity contribution in [2.45, 2.75) is 50.8 Å². The van der Waals surface area contributed by atoms with Gasteiger partial charge in [0, 0.05) is 13.2 Å². The number of terminal acetylenes is 1. The van der Waals surface area contributed by atoms with Gasteiger partial charge in [-0.25, -0.2) is 0 Å². The molecule has 1 fully saturated rings. The molecule has 0 amide bonds. The van der Waals surface area contributed by atoms with Crippen LogP contribution in [0, 0.1) is 12.3 Å². The summed E-state index contributed by atoms with van der Waals surface area (Å²) in [5.74, 6) is 2.76. The highest BCUT2D eigenvalue weighted by Gasteiger charge is 2.25. The zero-order valence-corrected chi connectivity index (χ0v) is 8.55. The van der Waals surface area contributed by atoms with Crippen LogP contribution in [0.1, 0.15) is 32.6 Å². The predicted octanol–water partition coefficient (Wildman–Crippen LogP) is 1.56. The topological polar surface area (TPSA) is 21.3 Å². The van der Waals surface area contributed by atoms with Gasteiger partial charge < -0.3 is 10.1 Å². The number of nitrogens with one attached hydrogen (secondary N) is 1. The summed E-state index contributed by atoms with van der Waals surface area (Å²) in [7, 11) is 1.78. The average Bonchev–Trinajstić information content (AvgIpc) is 2.61. The Bertz CT molecular complexity index is 185. The van der Waals surface area contributed by atoms with Crippen LogP contribution in [0.25, 0.3) is 0 Å². The maximum Gasteiger partial charge on any atom is 0.0686 e. The van der Waals surface area contributed by atoms with E-state index in [4.69, 9.17) is 11.2 Å². The summed E-state index contributed by atoms with van der Waals surface area (Å²) in [5, 5.41) is 3.46. The minimum absolute atomic E-state index is 0.237. The van der Waals surface area contributed by atoms with E-state index in [1.807, 2.05) is 0 Å². The van der Waals surface area contributed by atoms with E-state index in [0.717, 1.165) is 19.3 Å². The lowest BCUT2D eigenvalue weighted by molar-refractivity contribution is 0.106. The van der Waals surface area contributed by atoms with E-state index in [-0.39, 0.29) is 6.04 Å². The van der Waals surface area contributed by atoms with E-state index in [2.05, 4.69) is 18.2 Å². The fourth-order valence-electron chi connectivity index (χ4n) is 1.87. The summed E-state index contributed by atoms with van der Waals surface area (Å²) < 4.78 is 5.30. The second kappa shape index (κ2) is 5.26. The molecular formula is C11H19NO. The summed E-state index contributed by atoms with van der Waals surface area (Å²) in [6, 6.07) is 0.798. The monoisotopic (exact) mass is 181 g/mol. The Morgan fingerprint density at radius 2 is 2.38 bits per heavy atom. The Kier molecular flexibility index (Phi) is 4.27. The van der Waals surface area contributed by atoms with Crippen LogP contribution in [0.3, 0.4) is 0 Å². The molecule has 74 valence electrons. The number of ether oxygens (including phenoxy) is 1. The van der Waals surface area contributed by atoms with Gasteiger partial charge in [0.25, 0.3) is 0 Å². The smallest absolute Gasteiger partial charge is 0.0686 e. The third-order valence-electron chi connectivity index (χ3n) is 2.76. The lowest BCUT2D eigenvalue weighted by Gasteiger charge is -2.17. The van der Waals surface area contributed by atoms with Crippen LogP contribution < -0.4 is 5.32 Å². The van der Waals surface area contributed by atoms with Crippen molar-refractivity contribution < 1.29 is 4.74 Å². The van der Waals surface area contributed by atoms with Crippen molar-refractivity contribution in [2.24, 2.45) is 0 Å². The average molecular weight is 181 g/mol. The molecule has 0 aromatic heterocycles. The number of hydrogen-bond donors (Lipinski definition) is 1. The Morgan fingerprint density at radius 3 is 2.85 bits per heavy atom. The summed E-state index contributed by atoms with van der Waals surface area (Å²) in [6.45, 7) is 2.11. The quantitative estimate of drug-likeness (QED) is 0.664. The summed E-state index contributed by atoms with van der Waals surface area (Å²) >= 11 is 0. The van der Waals surface area contributed by atoms with E-state index in [9.17, 15) is 0 Å². The third kappa shape index (κ3) is 3.02. The molecular weight excluding hydrogens is 162 g/mol. The molecule has 0 aromatic rings. The Hall–Kier alpha value is -0.520. The van der Waals surface area contributed by atoms with Crippen LogP contribution in [0.2, 0.25) is 0 Å². The van der Waals surface area contributed by atoms with E-state index in [0.29, 0.717) is 12.1 Å². The predicted molar refractivity (Wildman–Crippen MR) is 54.5 cm³/mol. The minimum atomic E-state index is 0.237. The molecule has 3 unspecified atom stereocenters. The molecule has 0 radical (unpaired) electrons. The molecule has 1 saturated carbocycles. The van der Waals surface area contributed by atoms with Gasteiger partial charge in [0.05, 0.1) is 12.1 Å². The van der Waals surface area contributed by atoms with Crippen LogP contribution >= 0.6 is 0 Å². The molecule has 0 bridgehead atoms. The summed E-state index contributed by atoms with van der Waals surface area (Å²) in [5.41, 5.74) is 0. The molecule has 0 spiro atoms. The Labute approximate surface area is 81.0 Å².